The molecule has 0 spiro atoms. The maximum Gasteiger partial charge on any atom is 0.407 e. The van der Waals surface area contributed by atoms with Gasteiger partial charge in [0, 0.05) is 30.6 Å². The van der Waals surface area contributed by atoms with Gasteiger partial charge in [-0.05, 0) is 60.4 Å². The topological polar surface area (TPSA) is 235 Å². The third-order valence-electron chi connectivity index (χ3n) is 10.7. The summed E-state index contributed by atoms with van der Waals surface area (Å²) in [7, 11) is 2.54. The Hall–Kier alpha value is -6.72. The van der Waals surface area contributed by atoms with Crippen LogP contribution in [0.3, 0.4) is 0 Å². The number of methoxy groups -OCH3 is 2. The molecule has 1 aliphatic heterocycles. The van der Waals surface area contributed by atoms with Crippen molar-refractivity contribution in [1.29, 1.82) is 0 Å². The van der Waals surface area contributed by atoms with Crippen molar-refractivity contribution in [3.8, 4) is 22.5 Å². The van der Waals surface area contributed by atoms with Crippen molar-refractivity contribution in [2.75, 3.05) is 27.3 Å². The molecule has 1 aliphatic rings. The minimum absolute atomic E-state index is 0.0888. The molecule has 1 fully saturated rings. The number of aryl methyl sites for hydroxylation is 1. The number of ether oxygens (including phenoxy) is 2. The maximum absolute atomic E-state index is 13.6. The predicted octanol–water partition coefficient (Wildman–Crippen LogP) is 5.37. The van der Waals surface area contributed by atoms with E-state index in [0.717, 1.165) is 53.4 Å². The Labute approximate surface area is 346 Å². The van der Waals surface area contributed by atoms with Gasteiger partial charge in [-0.1, -0.05) is 52.0 Å². The second kappa shape index (κ2) is 18.0. The predicted molar refractivity (Wildman–Crippen MR) is 223 cm³/mol. The number of aromatic amines is 2. The first-order valence-corrected chi connectivity index (χ1v) is 20.2. The summed E-state index contributed by atoms with van der Waals surface area (Å²) < 4.78 is 9.39. The molecule has 3 unspecified atom stereocenters. The van der Waals surface area contributed by atoms with Crippen molar-refractivity contribution in [3.05, 3.63) is 60.4 Å². The summed E-state index contributed by atoms with van der Waals surface area (Å²) >= 11 is 0. The van der Waals surface area contributed by atoms with E-state index in [-0.39, 0.29) is 29.7 Å². The number of rotatable bonds is 14. The van der Waals surface area contributed by atoms with Crippen molar-refractivity contribution >= 4 is 57.4 Å². The van der Waals surface area contributed by atoms with Gasteiger partial charge in [-0.2, -0.15) is 0 Å². The van der Waals surface area contributed by atoms with Crippen molar-refractivity contribution in [1.82, 2.24) is 60.7 Å². The molecular formula is C42H50N12O6. The molecule has 2 aromatic carbocycles. The Morgan fingerprint density at radius 1 is 0.767 bits per heavy atom. The summed E-state index contributed by atoms with van der Waals surface area (Å²) in [4.78, 5) is 86.4. The van der Waals surface area contributed by atoms with Gasteiger partial charge in [0.05, 0.1) is 44.0 Å². The number of benzene rings is 2. The lowest BCUT2D eigenvalue weighted by atomic mass is 10.0. The van der Waals surface area contributed by atoms with Gasteiger partial charge in [-0.25, -0.2) is 39.5 Å². The molecule has 4 amide bonds. The molecule has 0 radical (unpaired) electrons. The smallest absolute Gasteiger partial charge is 0.407 e. The fourth-order valence-electron chi connectivity index (χ4n) is 7.42. The van der Waals surface area contributed by atoms with Crippen LogP contribution in [0.25, 0.3) is 55.9 Å². The normalized spacial score (nSPS) is 15.1. The zero-order valence-corrected chi connectivity index (χ0v) is 34.5. The van der Waals surface area contributed by atoms with Crippen LogP contribution < -0.4 is 16.0 Å². The second-order valence-corrected chi connectivity index (χ2v) is 15.6. The van der Waals surface area contributed by atoms with E-state index in [4.69, 9.17) is 19.7 Å². The quantitative estimate of drug-likeness (QED) is 0.0873. The summed E-state index contributed by atoms with van der Waals surface area (Å²) in [6.45, 7) is 8.50. The first kappa shape index (κ1) is 41.4. The summed E-state index contributed by atoms with van der Waals surface area (Å²) in [6, 6.07) is 10.5. The summed E-state index contributed by atoms with van der Waals surface area (Å²) in [5.74, 6) is 0.722. The van der Waals surface area contributed by atoms with Crippen LogP contribution in [0.1, 0.15) is 71.1 Å². The SMILES string of the molecule is COC(=O)NC(C(=O)NCCCCc1nc2ncc(-c3ccc4cc(-c5cnc6nc(C7CCCN7C(=O)C(NC(=O)OC)C(C)C)[nH]c6n5)ccc4c3)nc2[nH]1)C(C)C. The maximum atomic E-state index is 13.6. The number of fused-ring (bicyclic) bond motifs is 3. The fourth-order valence-corrected chi connectivity index (χ4v) is 7.42. The van der Waals surface area contributed by atoms with Crippen molar-refractivity contribution in [3.63, 3.8) is 0 Å². The van der Waals surface area contributed by atoms with Crippen molar-refractivity contribution in [2.45, 2.75) is 77.9 Å². The summed E-state index contributed by atoms with van der Waals surface area (Å²) in [5.41, 5.74) is 5.29. The molecule has 0 saturated carbocycles. The van der Waals surface area contributed by atoms with Gasteiger partial charge >= 0.3 is 12.2 Å². The molecule has 18 nitrogen and oxygen atoms in total. The summed E-state index contributed by atoms with van der Waals surface area (Å²) in [6.07, 6.45) is 5.82. The van der Waals surface area contributed by atoms with E-state index in [1.54, 1.807) is 17.3 Å². The Morgan fingerprint density at radius 2 is 1.35 bits per heavy atom. The van der Waals surface area contributed by atoms with E-state index in [9.17, 15) is 19.2 Å². The van der Waals surface area contributed by atoms with Crippen LogP contribution in [0, 0.1) is 11.8 Å². The third kappa shape index (κ3) is 9.11. The lowest BCUT2D eigenvalue weighted by Crippen LogP contribution is -2.51. The van der Waals surface area contributed by atoms with Gasteiger partial charge in [0.25, 0.3) is 0 Å². The molecule has 0 bridgehead atoms. The fraction of sp³-hybridized carbons (Fsp3) is 0.429. The van der Waals surface area contributed by atoms with Crippen molar-refractivity contribution < 1.29 is 28.7 Å². The lowest BCUT2D eigenvalue weighted by Gasteiger charge is -2.29. The number of unbranched alkanes of at least 4 members (excludes halogenated alkanes) is 1. The van der Waals surface area contributed by atoms with Crippen LogP contribution >= 0.6 is 0 Å². The minimum atomic E-state index is -0.725. The summed E-state index contributed by atoms with van der Waals surface area (Å²) in [5, 5.41) is 10.2. The number of amides is 4. The Balaban J connectivity index is 0.991. The highest BCUT2D eigenvalue weighted by atomic mass is 16.5. The molecule has 314 valence electrons. The third-order valence-corrected chi connectivity index (χ3v) is 10.7. The van der Waals surface area contributed by atoms with Crippen LogP contribution in [0.2, 0.25) is 0 Å². The molecule has 18 heteroatoms. The average Bonchev–Trinajstić information content (AvgIpc) is 4.01. The van der Waals surface area contributed by atoms with Crippen LogP contribution in [-0.2, 0) is 25.5 Å². The van der Waals surface area contributed by atoms with Gasteiger partial charge in [0.2, 0.25) is 11.8 Å². The average molecular weight is 819 g/mol. The largest absolute Gasteiger partial charge is 0.453 e. The van der Waals surface area contributed by atoms with Crippen LogP contribution in [0.5, 0.6) is 0 Å². The van der Waals surface area contributed by atoms with E-state index in [1.807, 2.05) is 52.0 Å². The number of carbonyl (C=O) groups is 4. The van der Waals surface area contributed by atoms with Crippen molar-refractivity contribution in [2.24, 2.45) is 11.8 Å². The number of aromatic nitrogens is 8. The Morgan fingerprint density at radius 3 is 1.95 bits per heavy atom. The monoisotopic (exact) mass is 818 g/mol. The highest BCUT2D eigenvalue weighted by Crippen LogP contribution is 2.33. The zero-order valence-electron chi connectivity index (χ0n) is 34.5. The highest BCUT2D eigenvalue weighted by molar-refractivity contribution is 5.91. The molecule has 4 aromatic heterocycles. The molecule has 0 aliphatic carbocycles. The number of imidazole rings is 2. The van der Waals surface area contributed by atoms with Crippen LogP contribution in [-0.4, -0.2) is 108 Å². The van der Waals surface area contributed by atoms with Gasteiger partial charge in [0.15, 0.2) is 22.6 Å². The number of carbonyl (C=O) groups excluding carboxylic acids is 4. The molecular weight excluding hydrogens is 769 g/mol. The Kier molecular flexibility index (Phi) is 12.5. The second-order valence-electron chi connectivity index (χ2n) is 15.6. The van der Waals surface area contributed by atoms with Crippen LogP contribution in [0.15, 0.2) is 48.8 Å². The first-order valence-electron chi connectivity index (χ1n) is 20.2. The van der Waals surface area contributed by atoms with E-state index in [2.05, 4.69) is 57.7 Å². The Bertz CT molecular complexity index is 2530. The molecule has 60 heavy (non-hydrogen) atoms. The van der Waals surface area contributed by atoms with Crippen LogP contribution in [0.4, 0.5) is 9.59 Å². The number of likely N-dealkylation sites (tertiary alicyclic amines) is 1. The molecule has 5 N–H and O–H groups in total. The van der Waals surface area contributed by atoms with Gasteiger partial charge in [0.1, 0.15) is 23.7 Å². The van der Waals surface area contributed by atoms with E-state index >= 15 is 0 Å². The van der Waals surface area contributed by atoms with E-state index in [0.29, 0.717) is 59.3 Å². The van der Waals surface area contributed by atoms with Gasteiger partial charge in [-0.15, -0.1) is 0 Å². The number of nitrogens with zero attached hydrogens (tertiary/aromatic N) is 7. The molecule has 1 saturated heterocycles. The molecule has 7 rings (SSSR count). The molecule has 6 aromatic rings. The number of hydrogen-bond donors (Lipinski definition) is 5. The minimum Gasteiger partial charge on any atom is -0.453 e. The van der Waals surface area contributed by atoms with Gasteiger partial charge < -0.3 is 40.3 Å². The lowest BCUT2D eigenvalue weighted by molar-refractivity contribution is -0.135. The number of H-pyrrole nitrogens is 2. The number of hydrogen-bond acceptors (Lipinski definition) is 12. The highest BCUT2D eigenvalue weighted by Gasteiger charge is 2.38. The van der Waals surface area contributed by atoms with E-state index in [1.165, 1.54) is 14.2 Å². The van der Waals surface area contributed by atoms with E-state index < -0.39 is 24.3 Å². The molecule has 3 atom stereocenters. The first-order chi connectivity index (χ1) is 28.9. The number of alkyl carbamates (subject to hydrolysis) is 2. The number of nitrogens with one attached hydrogen (secondary N) is 5. The standard InChI is InChI=1S/C42H50N12O6/c1-22(2)32(50-41(57)59-5)39(55)43-16-8-7-11-31-48-35-37(49-31)46-28(20-44-35)26-14-12-25-19-27(15-13-24(25)18-26)29-21-45-36-38(47-29)53-34(52-36)30-10-9-17-54(30)40(56)33(23(3)4)51-42(58)60-6/h12-15,18-23,30,32-33H,7-11,16-17H2,1-6H3,(H,43,55)(H,50,57)(H,51,58)(H,44,46,48,49)(H,45,47,52,53). The zero-order chi connectivity index (χ0) is 42.5. The molecule has 5 heterocycles. The van der Waals surface area contributed by atoms with Gasteiger partial charge in [-0.3, -0.25) is 9.59 Å².